The average molecular weight is 841 g/mol. The van der Waals surface area contributed by atoms with Gasteiger partial charge in [0.15, 0.2) is 0 Å². The number of quaternary nitrogens is 1. The molecule has 8 nitrogen and oxygen atoms in total. The predicted octanol–water partition coefficient (Wildman–Crippen LogP) is 13.5. The average Bonchev–Trinajstić information content (AvgIpc) is 3.17. The summed E-state index contributed by atoms with van der Waals surface area (Å²) in [5.41, 5.74) is 0. The molecule has 3 atom stereocenters. The van der Waals surface area contributed by atoms with Crippen LogP contribution in [0, 0.1) is 0 Å². The summed E-state index contributed by atoms with van der Waals surface area (Å²) in [6, 6.07) is -0.898. The lowest BCUT2D eigenvalue weighted by atomic mass is 10.0. The number of rotatable bonds is 45. The van der Waals surface area contributed by atoms with Gasteiger partial charge in [-0.15, -0.1) is 0 Å². The van der Waals surface area contributed by atoms with Gasteiger partial charge in [-0.05, 0) is 32.1 Å². The van der Waals surface area contributed by atoms with E-state index in [4.69, 9.17) is 9.05 Å². The van der Waals surface area contributed by atoms with Gasteiger partial charge in [-0.2, -0.15) is 0 Å². The smallest absolute Gasteiger partial charge is 0.268 e. The second-order valence-corrected chi connectivity index (χ2v) is 19.6. The van der Waals surface area contributed by atoms with Gasteiger partial charge in [0.2, 0.25) is 5.91 Å². The second kappa shape index (κ2) is 41.3. The number of hydrogen-bond acceptors (Lipinski definition) is 6. The van der Waals surface area contributed by atoms with E-state index in [0.29, 0.717) is 17.4 Å². The Balaban J connectivity index is 4.28. The number of nitrogens with one attached hydrogen (secondary N) is 1. The van der Waals surface area contributed by atoms with Crippen molar-refractivity contribution in [2.45, 2.75) is 244 Å². The van der Waals surface area contributed by atoms with E-state index in [2.05, 4.69) is 31.3 Å². The van der Waals surface area contributed by atoms with E-state index in [9.17, 15) is 19.4 Å². The Kier molecular flexibility index (Phi) is 40.6. The van der Waals surface area contributed by atoms with Crippen LogP contribution in [0.25, 0.3) is 0 Å². The summed E-state index contributed by atoms with van der Waals surface area (Å²) in [6.45, 7) is 4.64. The van der Waals surface area contributed by atoms with Crippen molar-refractivity contribution < 1.29 is 32.9 Å². The molecule has 0 fully saturated rings. The third-order valence-corrected chi connectivity index (χ3v) is 12.1. The lowest BCUT2D eigenvalue weighted by molar-refractivity contribution is -0.870. The number of carbonyl (C=O) groups excluding carboxylic acids is 1. The molecule has 0 saturated carbocycles. The molecule has 2 N–H and O–H groups in total. The van der Waals surface area contributed by atoms with Crippen LogP contribution in [0.3, 0.4) is 0 Å². The fraction of sp³-hybridized carbons (Fsp3) is 0.898. The molecule has 1 amide bonds. The van der Waals surface area contributed by atoms with Gasteiger partial charge >= 0.3 is 0 Å². The zero-order valence-corrected chi connectivity index (χ0v) is 39.9. The molecule has 0 rings (SSSR count). The van der Waals surface area contributed by atoms with Crippen molar-refractivity contribution >= 4 is 13.7 Å². The van der Waals surface area contributed by atoms with Crippen molar-refractivity contribution in [2.75, 3.05) is 40.9 Å². The van der Waals surface area contributed by atoms with Crippen molar-refractivity contribution in [1.29, 1.82) is 0 Å². The molecule has 0 radical (unpaired) electrons. The van der Waals surface area contributed by atoms with Crippen molar-refractivity contribution in [3.05, 3.63) is 24.3 Å². The normalized spacial score (nSPS) is 14.4. The Bertz CT molecular complexity index is 1000. The number of unbranched alkanes of at least 4 members (excludes halogenated alkanes) is 30. The van der Waals surface area contributed by atoms with Crippen LogP contribution in [-0.4, -0.2) is 68.5 Å². The van der Waals surface area contributed by atoms with E-state index in [1.54, 1.807) is 6.08 Å². The number of aliphatic hydroxyl groups is 1. The van der Waals surface area contributed by atoms with E-state index < -0.39 is 20.0 Å². The lowest BCUT2D eigenvalue weighted by Crippen LogP contribution is -2.45. The van der Waals surface area contributed by atoms with Crippen LogP contribution < -0.4 is 10.2 Å². The highest BCUT2D eigenvalue weighted by Gasteiger charge is 2.23. The van der Waals surface area contributed by atoms with E-state index in [0.717, 1.165) is 38.5 Å². The number of carbonyl (C=O) groups is 1. The zero-order chi connectivity index (χ0) is 42.8. The molecule has 0 aromatic rings. The maximum Gasteiger partial charge on any atom is 0.268 e. The highest BCUT2D eigenvalue weighted by molar-refractivity contribution is 7.45. The molecule has 9 heteroatoms. The number of likely N-dealkylation sites (N-methyl/N-ethyl adjacent to an activating group) is 1. The van der Waals surface area contributed by atoms with Crippen molar-refractivity contribution in [2.24, 2.45) is 0 Å². The fourth-order valence-corrected chi connectivity index (χ4v) is 7.95. The van der Waals surface area contributed by atoms with Gasteiger partial charge < -0.3 is 28.8 Å². The molecule has 0 bridgehead atoms. The fourth-order valence-electron chi connectivity index (χ4n) is 7.23. The Morgan fingerprint density at radius 1 is 0.586 bits per heavy atom. The highest BCUT2D eigenvalue weighted by atomic mass is 31.2. The molecule has 0 aromatic carbocycles. The molecule has 0 saturated heterocycles. The predicted molar refractivity (Wildman–Crippen MR) is 247 cm³/mol. The van der Waals surface area contributed by atoms with Gasteiger partial charge in [0.25, 0.3) is 7.82 Å². The molecule has 0 aromatic heterocycles. The van der Waals surface area contributed by atoms with E-state index in [1.807, 2.05) is 27.2 Å². The number of nitrogens with zero attached hydrogens (tertiary/aromatic N) is 1. The summed E-state index contributed by atoms with van der Waals surface area (Å²) in [7, 11) is 1.25. The summed E-state index contributed by atoms with van der Waals surface area (Å²) in [5.74, 6) is -0.204. The Morgan fingerprint density at radius 3 is 1.40 bits per heavy atom. The molecule has 58 heavy (non-hydrogen) atoms. The second-order valence-electron chi connectivity index (χ2n) is 18.2. The van der Waals surface area contributed by atoms with Crippen LogP contribution in [0.5, 0.6) is 0 Å². The van der Waals surface area contributed by atoms with Crippen LogP contribution in [0.2, 0.25) is 0 Å². The van der Waals surface area contributed by atoms with Gasteiger partial charge in [0.05, 0.1) is 39.9 Å². The first-order valence-corrected chi connectivity index (χ1v) is 26.2. The molecular weight excluding hydrogens is 744 g/mol. The standard InChI is InChI=1S/C49H97N2O6P/c1-6-8-10-12-14-16-18-20-22-23-24-25-26-27-28-29-31-33-35-37-39-41-43-49(53)50-47(46-57-58(54,55)56-45-44-51(3,4)5)48(52)42-40-38-36-34-32-30-21-19-17-15-13-11-9-7-2/h32,34,40,42,47-48,52H,6-31,33,35-39,41,43-46H2,1-5H3,(H-,50,53,54,55)/b34-32+,42-40+/t47-,48+/m0/s1. The molecular formula is C49H97N2O6P. The van der Waals surface area contributed by atoms with Gasteiger partial charge in [-0.3, -0.25) is 9.36 Å². The minimum atomic E-state index is -4.59. The number of aliphatic hydroxyl groups excluding tert-OH is 1. The molecule has 344 valence electrons. The SMILES string of the molecule is CCCCCCCCCC/C=C/CC/C=C/[C@@H](O)[C@H](COP(=O)([O-])OCC[N+](C)(C)C)NC(=O)CCCCCCCCCCCCCCCCCCCCCCCC. The van der Waals surface area contributed by atoms with E-state index in [-0.39, 0.29) is 19.1 Å². The minimum Gasteiger partial charge on any atom is -0.756 e. The minimum absolute atomic E-state index is 0.00413. The van der Waals surface area contributed by atoms with Crippen LogP contribution in [0.1, 0.15) is 232 Å². The third-order valence-electron chi connectivity index (χ3n) is 11.2. The summed E-state index contributed by atoms with van der Waals surface area (Å²) >= 11 is 0. The molecule has 0 aliphatic carbocycles. The maximum absolute atomic E-state index is 12.9. The zero-order valence-electron chi connectivity index (χ0n) is 39.0. The molecule has 0 aliphatic rings. The number of amides is 1. The molecule has 0 aliphatic heterocycles. The highest BCUT2D eigenvalue weighted by Crippen LogP contribution is 2.38. The van der Waals surface area contributed by atoms with Gasteiger partial charge in [-0.25, -0.2) is 0 Å². The van der Waals surface area contributed by atoms with Crippen LogP contribution in [0.15, 0.2) is 24.3 Å². The Morgan fingerprint density at radius 2 is 0.966 bits per heavy atom. The lowest BCUT2D eigenvalue weighted by Gasteiger charge is -2.29. The van der Waals surface area contributed by atoms with Crippen molar-refractivity contribution in [1.82, 2.24) is 5.32 Å². The Hall–Kier alpha value is -1.02. The van der Waals surface area contributed by atoms with Crippen LogP contribution in [0.4, 0.5) is 0 Å². The number of phosphoric acid groups is 1. The largest absolute Gasteiger partial charge is 0.756 e. The van der Waals surface area contributed by atoms with Crippen LogP contribution >= 0.6 is 7.82 Å². The van der Waals surface area contributed by atoms with Crippen molar-refractivity contribution in [3.8, 4) is 0 Å². The first-order chi connectivity index (χ1) is 28.0. The number of allylic oxidation sites excluding steroid dienone is 3. The summed E-state index contributed by atoms with van der Waals surface area (Å²) < 4.78 is 23.2. The quantitative estimate of drug-likeness (QED) is 0.0274. The summed E-state index contributed by atoms with van der Waals surface area (Å²) in [6.07, 6.45) is 49.5. The van der Waals surface area contributed by atoms with Gasteiger partial charge in [0, 0.05) is 6.42 Å². The number of hydrogen-bond donors (Lipinski definition) is 2. The monoisotopic (exact) mass is 841 g/mol. The third kappa shape index (κ3) is 43.1. The first kappa shape index (κ1) is 57.0. The molecule has 0 spiro atoms. The molecule has 0 heterocycles. The van der Waals surface area contributed by atoms with E-state index in [1.165, 1.54) is 173 Å². The van der Waals surface area contributed by atoms with E-state index >= 15 is 0 Å². The first-order valence-electron chi connectivity index (χ1n) is 24.7. The topological polar surface area (TPSA) is 108 Å². The van der Waals surface area contributed by atoms with Crippen molar-refractivity contribution in [3.63, 3.8) is 0 Å². The summed E-state index contributed by atoms with van der Waals surface area (Å²) in [5, 5.41) is 13.8. The number of phosphoric ester groups is 1. The van der Waals surface area contributed by atoms with Gasteiger partial charge in [-0.1, -0.05) is 218 Å². The Labute approximate surface area is 360 Å². The van der Waals surface area contributed by atoms with Crippen LogP contribution in [-0.2, 0) is 18.4 Å². The molecule has 1 unspecified atom stereocenters. The van der Waals surface area contributed by atoms with Gasteiger partial charge in [0.1, 0.15) is 13.2 Å². The summed E-state index contributed by atoms with van der Waals surface area (Å²) in [4.78, 5) is 25.3. The maximum atomic E-state index is 12.9.